The first-order chi connectivity index (χ1) is 9.53. The summed E-state index contributed by atoms with van der Waals surface area (Å²) in [6.07, 6.45) is 11.1. The molecule has 1 heterocycles. The second kappa shape index (κ2) is 6.62. The molecule has 0 spiro atoms. The number of unbranched alkanes of at least 4 members (excludes halogenated alkanes) is 3. The Morgan fingerprint density at radius 3 is 2.15 bits per heavy atom. The summed E-state index contributed by atoms with van der Waals surface area (Å²) in [5.41, 5.74) is 3.18. The highest BCUT2D eigenvalue weighted by Gasteiger charge is 2.50. The Labute approximate surface area is 125 Å². The number of nitrogens with zero attached hydrogens (tertiary/aromatic N) is 1. The molecule has 1 fully saturated rings. The van der Waals surface area contributed by atoms with Crippen LogP contribution in [0.15, 0.2) is 11.1 Å². The second-order valence-corrected chi connectivity index (χ2v) is 7.33. The first kappa shape index (κ1) is 16.0. The zero-order valence-electron chi connectivity index (χ0n) is 13.9. The second-order valence-electron chi connectivity index (χ2n) is 7.33. The Kier molecular flexibility index (Phi) is 5.30. The van der Waals surface area contributed by atoms with Crippen LogP contribution >= 0.6 is 0 Å². The van der Waals surface area contributed by atoms with Crippen LogP contribution in [-0.4, -0.2) is 16.6 Å². The summed E-state index contributed by atoms with van der Waals surface area (Å²) in [5.74, 6) is 0.553. The molecule has 115 valence electrons. The van der Waals surface area contributed by atoms with Gasteiger partial charge in [-0.25, -0.2) is 0 Å². The van der Waals surface area contributed by atoms with Crippen molar-refractivity contribution in [1.29, 1.82) is 0 Å². The fourth-order valence-corrected chi connectivity index (χ4v) is 3.85. The van der Waals surface area contributed by atoms with Crippen molar-refractivity contribution in [2.24, 2.45) is 5.92 Å². The van der Waals surface area contributed by atoms with Crippen molar-refractivity contribution in [2.45, 2.75) is 97.1 Å². The summed E-state index contributed by atoms with van der Waals surface area (Å²) in [5, 5.41) is 13.9. The molecular weight excluding hydrogens is 246 g/mol. The molecule has 0 N–H and O–H groups in total. The topological polar surface area (TPSA) is 23.1 Å². The molecule has 2 unspecified atom stereocenters. The van der Waals surface area contributed by atoms with Crippen molar-refractivity contribution in [2.75, 3.05) is 0 Å². The maximum atomic E-state index is 12.5. The van der Waals surface area contributed by atoms with E-state index in [-0.39, 0.29) is 11.6 Å². The zero-order chi connectivity index (χ0) is 14.8. The minimum Gasteiger partial charge on any atom is -0.145 e. The monoisotopic (exact) mass is 278 g/mol. The SMILES string of the molecule is CCCCCC1=C(CCCC)C1C1CCC(C)(C)N1[O]. The van der Waals surface area contributed by atoms with E-state index in [1.807, 2.05) is 0 Å². The molecule has 2 nitrogen and oxygen atoms in total. The van der Waals surface area contributed by atoms with E-state index >= 15 is 0 Å². The summed E-state index contributed by atoms with van der Waals surface area (Å²) in [6.45, 7) is 8.72. The van der Waals surface area contributed by atoms with Gasteiger partial charge in [0.1, 0.15) is 0 Å². The summed E-state index contributed by atoms with van der Waals surface area (Å²) in [7, 11) is 0. The van der Waals surface area contributed by atoms with Crippen molar-refractivity contribution in [1.82, 2.24) is 5.06 Å². The lowest BCUT2D eigenvalue weighted by molar-refractivity contribution is -0.222. The van der Waals surface area contributed by atoms with E-state index in [1.165, 1.54) is 50.0 Å². The average Bonchev–Trinajstić information content (AvgIpc) is 3.02. The molecule has 0 bridgehead atoms. The number of hydroxylamine groups is 2. The Morgan fingerprint density at radius 2 is 1.65 bits per heavy atom. The highest BCUT2D eigenvalue weighted by atomic mass is 16.5. The molecule has 2 aliphatic rings. The summed E-state index contributed by atoms with van der Waals surface area (Å²) >= 11 is 0. The molecule has 1 aliphatic carbocycles. The summed E-state index contributed by atoms with van der Waals surface area (Å²) < 4.78 is 0. The van der Waals surface area contributed by atoms with Gasteiger partial charge in [-0.3, -0.25) is 0 Å². The Bertz CT molecular complexity index is 358. The fourth-order valence-electron chi connectivity index (χ4n) is 3.85. The molecular formula is C18H32NO. The predicted octanol–water partition coefficient (Wildman–Crippen LogP) is 5.27. The van der Waals surface area contributed by atoms with Crippen molar-refractivity contribution in [3.05, 3.63) is 11.1 Å². The normalized spacial score (nSPS) is 29.2. The third-order valence-electron chi connectivity index (χ3n) is 5.26. The van der Waals surface area contributed by atoms with Gasteiger partial charge in [0.2, 0.25) is 0 Å². The van der Waals surface area contributed by atoms with E-state index in [1.54, 1.807) is 11.1 Å². The predicted molar refractivity (Wildman–Crippen MR) is 83.8 cm³/mol. The van der Waals surface area contributed by atoms with E-state index in [4.69, 9.17) is 0 Å². The molecule has 2 atom stereocenters. The average molecular weight is 278 g/mol. The molecule has 1 radical (unpaired) electrons. The fraction of sp³-hybridized carbons (Fsp3) is 0.889. The first-order valence-corrected chi connectivity index (χ1v) is 8.71. The van der Waals surface area contributed by atoms with Crippen molar-refractivity contribution in [3.8, 4) is 0 Å². The maximum Gasteiger partial charge on any atom is 0.0493 e. The standard InChI is InChI=1S/C18H32NO/c1-5-7-9-11-15-14(10-8-6-2)17(15)16-12-13-18(3,4)19(16)20/h16-17H,5-13H2,1-4H3. The van der Waals surface area contributed by atoms with Gasteiger partial charge in [-0.2, -0.15) is 0 Å². The minimum atomic E-state index is -0.141. The number of rotatable bonds is 8. The lowest BCUT2D eigenvalue weighted by atomic mass is 10.0. The van der Waals surface area contributed by atoms with Crippen molar-refractivity contribution < 1.29 is 5.21 Å². The molecule has 2 rings (SSSR count). The van der Waals surface area contributed by atoms with Crippen LogP contribution < -0.4 is 0 Å². The van der Waals surface area contributed by atoms with Crippen LogP contribution in [0.3, 0.4) is 0 Å². The lowest BCUT2D eigenvalue weighted by Crippen LogP contribution is -2.40. The van der Waals surface area contributed by atoms with Crippen LogP contribution in [-0.2, 0) is 5.21 Å². The van der Waals surface area contributed by atoms with E-state index in [2.05, 4.69) is 27.7 Å². The Balaban J connectivity index is 1.94. The smallest absolute Gasteiger partial charge is 0.0493 e. The molecule has 0 saturated carbocycles. The van der Waals surface area contributed by atoms with Crippen LogP contribution in [0.1, 0.15) is 85.5 Å². The molecule has 1 aliphatic heterocycles. The van der Waals surface area contributed by atoms with Gasteiger partial charge < -0.3 is 0 Å². The highest BCUT2D eigenvalue weighted by Crippen LogP contribution is 2.53. The van der Waals surface area contributed by atoms with Gasteiger partial charge in [0, 0.05) is 17.5 Å². The molecule has 1 saturated heterocycles. The van der Waals surface area contributed by atoms with Gasteiger partial charge in [-0.1, -0.05) is 44.3 Å². The number of hydrogen-bond acceptors (Lipinski definition) is 1. The van der Waals surface area contributed by atoms with E-state index in [0.717, 1.165) is 12.8 Å². The molecule has 0 aromatic rings. The maximum absolute atomic E-state index is 12.5. The van der Waals surface area contributed by atoms with Crippen LogP contribution in [0.5, 0.6) is 0 Å². The largest absolute Gasteiger partial charge is 0.145 e. The summed E-state index contributed by atoms with van der Waals surface area (Å²) in [4.78, 5) is 0. The summed E-state index contributed by atoms with van der Waals surface area (Å²) in [6, 6.07) is 0.258. The highest BCUT2D eigenvalue weighted by molar-refractivity contribution is 5.43. The zero-order valence-corrected chi connectivity index (χ0v) is 13.9. The molecule has 2 heteroatoms. The van der Waals surface area contributed by atoms with Crippen LogP contribution in [0.2, 0.25) is 0 Å². The third-order valence-corrected chi connectivity index (χ3v) is 5.26. The van der Waals surface area contributed by atoms with Gasteiger partial charge in [0.15, 0.2) is 0 Å². The molecule has 0 aromatic carbocycles. The number of hydrogen-bond donors (Lipinski definition) is 0. The molecule has 0 aromatic heterocycles. The third kappa shape index (κ3) is 3.28. The quantitative estimate of drug-likeness (QED) is 0.438. The Morgan fingerprint density at radius 1 is 1.05 bits per heavy atom. The lowest BCUT2D eigenvalue weighted by Gasteiger charge is -2.27. The van der Waals surface area contributed by atoms with E-state index in [9.17, 15) is 5.21 Å². The first-order valence-electron chi connectivity index (χ1n) is 8.71. The van der Waals surface area contributed by atoms with Gasteiger partial charge in [-0.15, -0.1) is 10.3 Å². The van der Waals surface area contributed by atoms with Crippen LogP contribution in [0.25, 0.3) is 0 Å². The van der Waals surface area contributed by atoms with Crippen molar-refractivity contribution >= 4 is 0 Å². The molecule has 0 amide bonds. The van der Waals surface area contributed by atoms with Gasteiger partial charge >= 0.3 is 0 Å². The van der Waals surface area contributed by atoms with Gasteiger partial charge in [-0.05, 0) is 52.4 Å². The van der Waals surface area contributed by atoms with Gasteiger partial charge in [0.05, 0.1) is 0 Å². The van der Waals surface area contributed by atoms with Crippen LogP contribution in [0.4, 0.5) is 0 Å². The Hall–Kier alpha value is -0.340. The van der Waals surface area contributed by atoms with Crippen LogP contribution in [0, 0.1) is 5.92 Å². The van der Waals surface area contributed by atoms with Gasteiger partial charge in [0.25, 0.3) is 0 Å². The van der Waals surface area contributed by atoms with Crippen molar-refractivity contribution in [3.63, 3.8) is 0 Å². The van der Waals surface area contributed by atoms with E-state index in [0.29, 0.717) is 5.92 Å². The minimum absolute atomic E-state index is 0.141. The molecule has 20 heavy (non-hydrogen) atoms. The van der Waals surface area contributed by atoms with E-state index < -0.39 is 0 Å².